The minimum absolute atomic E-state index is 0.0270. The van der Waals surface area contributed by atoms with Crippen LogP contribution in [0.1, 0.15) is 18.6 Å². The summed E-state index contributed by atoms with van der Waals surface area (Å²) in [5.41, 5.74) is 1.10. The Hall–Kier alpha value is -2.13. The Labute approximate surface area is 166 Å². The normalized spacial score (nSPS) is 17.8. The van der Waals surface area contributed by atoms with Crippen molar-refractivity contribution in [3.63, 3.8) is 0 Å². The van der Waals surface area contributed by atoms with Gasteiger partial charge in [-0.15, -0.1) is 0 Å². The van der Waals surface area contributed by atoms with E-state index in [1.54, 1.807) is 0 Å². The molecule has 1 aliphatic rings. The van der Waals surface area contributed by atoms with Gasteiger partial charge in [-0.3, -0.25) is 4.55 Å². The summed E-state index contributed by atoms with van der Waals surface area (Å²) in [7, 11) is -3.67. The highest BCUT2D eigenvalue weighted by atomic mass is 32.2. The van der Waals surface area contributed by atoms with Crippen LogP contribution < -0.4 is 14.8 Å². The van der Waals surface area contributed by atoms with Gasteiger partial charge in [-0.1, -0.05) is 42.5 Å². The Bertz CT molecular complexity index is 798. The molecule has 0 bridgehead atoms. The lowest BCUT2D eigenvalue weighted by Gasteiger charge is -2.32. The van der Waals surface area contributed by atoms with E-state index in [2.05, 4.69) is 17.4 Å². The van der Waals surface area contributed by atoms with Crippen LogP contribution in [0.2, 0.25) is 0 Å². The molecule has 3 rings (SSSR count). The molecule has 7 nitrogen and oxygen atoms in total. The van der Waals surface area contributed by atoms with Gasteiger partial charge in [-0.2, -0.15) is 8.42 Å². The van der Waals surface area contributed by atoms with Crippen LogP contribution in [0, 0.1) is 0 Å². The number of morpholine rings is 1. The first-order valence-electron chi connectivity index (χ1n) is 9.06. The molecule has 2 atom stereocenters. The summed E-state index contributed by atoms with van der Waals surface area (Å²) < 4.78 is 43.8. The standard InChI is InChI=1S/C19H23NO3.CH4O3S/c1-2-21-16-10-6-7-11-17(16)23-19(15-8-4-3-5-9-15)18-14-20-12-13-22-18;1-5(2,3)4/h3-11,18-20H,2,12-14H2,1H3;1H3,(H,2,3,4). The second kappa shape index (κ2) is 11.0. The second-order valence-corrected chi connectivity index (χ2v) is 7.64. The third-order valence-electron chi connectivity index (χ3n) is 3.83. The lowest BCUT2D eigenvalue weighted by atomic mass is 10.0. The molecule has 8 heteroatoms. The van der Waals surface area contributed by atoms with Crippen LogP contribution in [0.15, 0.2) is 54.6 Å². The molecule has 0 aliphatic carbocycles. The van der Waals surface area contributed by atoms with Crippen molar-refractivity contribution in [1.29, 1.82) is 0 Å². The fourth-order valence-electron chi connectivity index (χ4n) is 2.74. The molecule has 2 unspecified atom stereocenters. The Morgan fingerprint density at radius 2 is 1.75 bits per heavy atom. The molecule has 0 spiro atoms. The molecule has 0 radical (unpaired) electrons. The number of rotatable bonds is 6. The Balaban J connectivity index is 0.000000500. The van der Waals surface area contributed by atoms with Gasteiger partial charge in [0.25, 0.3) is 10.1 Å². The van der Waals surface area contributed by atoms with Gasteiger partial charge in [0.2, 0.25) is 0 Å². The third kappa shape index (κ3) is 7.85. The monoisotopic (exact) mass is 409 g/mol. The topological polar surface area (TPSA) is 94.1 Å². The molecule has 1 heterocycles. The van der Waals surface area contributed by atoms with Gasteiger partial charge in [-0.25, -0.2) is 0 Å². The molecule has 0 amide bonds. The predicted octanol–water partition coefficient (Wildman–Crippen LogP) is 2.70. The molecular weight excluding hydrogens is 382 g/mol. The van der Waals surface area contributed by atoms with E-state index in [9.17, 15) is 8.42 Å². The lowest BCUT2D eigenvalue weighted by molar-refractivity contribution is -0.0439. The Kier molecular flexibility index (Phi) is 8.72. The highest BCUT2D eigenvalue weighted by molar-refractivity contribution is 7.85. The van der Waals surface area contributed by atoms with Crippen LogP contribution in [0.4, 0.5) is 0 Å². The van der Waals surface area contributed by atoms with E-state index in [1.165, 1.54) is 0 Å². The second-order valence-electron chi connectivity index (χ2n) is 6.18. The zero-order chi connectivity index (χ0) is 20.4. The van der Waals surface area contributed by atoms with Crippen LogP contribution in [-0.2, 0) is 14.9 Å². The SMILES string of the molecule is CCOc1ccccc1OC(c1ccccc1)C1CNCCO1.CS(=O)(=O)O. The summed E-state index contributed by atoms with van der Waals surface area (Å²) in [6.07, 6.45) is 0.513. The summed E-state index contributed by atoms with van der Waals surface area (Å²) in [5.74, 6) is 1.51. The first-order valence-corrected chi connectivity index (χ1v) is 10.9. The molecule has 2 aromatic carbocycles. The fourth-order valence-corrected chi connectivity index (χ4v) is 2.74. The zero-order valence-electron chi connectivity index (χ0n) is 16.1. The number of para-hydroxylation sites is 2. The predicted molar refractivity (Wildman–Crippen MR) is 108 cm³/mol. The number of ether oxygens (including phenoxy) is 3. The molecule has 2 aromatic rings. The third-order valence-corrected chi connectivity index (χ3v) is 3.83. The van der Waals surface area contributed by atoms with E-state index in [0.29, 0.717) is 19.5 Å². The maximum absolute atomic E-state index is 9.19. The van der Waals surface area contributed by atoms with Gasteiger partial charge in [0.15, 0.2) is 17.6 Å². The number of hydrogen-bond acceptors (Lipinski definition) is 6. The van der Waals surface area contributed by atoms with Gasteiger partial charge in [0.1, 0.15) is 6.10 Å². The van der Waals surface area contributed by atoms with Gasteiger partial charge in [0, 0.05) is 13.1 Å². The van der Waals surface area contributed by atoms with Gasteiger partial charge in [0.05, 0.1) is 19.5 Å². The van der Waals surface area contributed by atoms with E-state index < -0.39 is 10.1 Å². The summed E-state index contributed by atoms with van der Waals surface area (Å²) >= 11 is 0. The van der Waals surface area contributed by atoms with E-state index in [-0.39, 0.29) is 12.2 Å². The molecule has 1 fully saturated rings. The average molecular weight is 410 g/mol. The van der Waals surface area contributed by atoms with Gasteiger partial charge in [-0.05, 0) is 24.6 Å². The summed E-state index contributed by atoms with van der Waals surface area (Å²) in [4.78, 5) is 0. The fraction of sp³-hybridized carbons (Fsp3) is 0.400. The minimum atomic E-state index is -3.67. The first kappa shape index (κ1) is 22.2. The average Bonchev–Trinajstić information content (AvgIpc) is 2.67. The van der Waals surface area contributed by atoms with Crippen molar-refractivity contribution in [2.45, 2.75) is 19.1 Å². The first-order chi connectivity index (χ1) is 13.4. The van der Waals surface area contributed by atoms with E-state index in [0.717, 1.165) is 30.2 Å². The van der Waals surface area contributed by atoms with Crippen molar-refractivity contribution in [3.8, 4) is 11.5 Å². The number of nitrogens with one attached hydrogen (secondary N) is 1. The van der Waals surface area contributed by atoms with E-state index in [4.69, 9.17) is 18.8 Å². The Morgan fingerprint density at radius 3 is 2.32 bits per heavy atom. The quantitative estimate of drug-likeness (QED) is 0.709. The molecule has 28 heavy (non-hydrogen) atoms. The highest BCUT2D eigenvalue weighted by Crippen LogP contribution is 2.33. The van der Waals surface area contributed by atoms with Crippen molar-refractivity contribution in [1.82, 2.24) is 5.32 Å². The number of hydrogen-bond donors (Lipinski definition) is 2. The van der Waals surface area contributed by atoms with Gasteiger partial charge >= 0.3 is 0 Å². The molecule has 1 saturated heterocycles. The summed E-state index contributed by atoms with van der Waals surface area (Å²) in [6.45, 7) is 4.94. The molecule has 1 aliphatic heterocycles. The maximum atomic E-state index is 9.19. The summed E-state index contributed by atoms with van der Waals surface area (Å²) in [6, 6.07) is 18.0. The molecular formula is C20H27NO6S. The highest BCUT2D eigenvalue weighted by Gasteiger charge is 2.28. The van der Waals surface area contributed by atoms with Gasteiger partial charge < -0.3 is 19.5 Å². The van der Waals surface area contributed by atoms with Crippen LogP contribution in [-0.4, -0.2) is 51.6 Å². The lowest BCUT2D eigenvalue weighted by Crippen LogP contribution is -2.43. The molecule has 0 saturated carbocycles. The molecule has 0 aromatic heterocycles. The van der Waals surface area contributed by atoms with E-state index in [1.807, 2.05) is 49.4 Å². The molecule has 2 N–H and O–H groups in total. The van der Waals surface area contributed by atoms with Crippen LogP contribution in [0.3, 0.4) is 0 Å². The summed E-state index contributed by atoms with van der Waals surface area (Å²) in [5, 5.41) is 3.37. The van der Waals surface area contributed by atoms with Crippen LogP contribution in [0.5, 0.6) is 11.5 Å². The van der Waals surface area contributed by atoms with E-state index >= 15 is 0 Å². The number of benzene rings is 2. The smallest absolute Gasteiger partial charge is 0.261 e. The zero-order valence-corrected chi connectivity index (χ0v) is 16.9. The maximum Gasteiger partial charge on any atom is 0.261 e. The van der Waals surface area contributed by atoms with Crippen molar-refractivity contribution >= 4 is 10.1 Å². The van der Waals surface area contributed by atoms with Crippen LogP contribution in [0.25, 0.3) is 0 Å². The Morgan fingerprint density at radius 1 is 1.14 bits per heavy atom. The molecule has 154 valence electrons. The minimum Gasteiger partial charge on any atom is -0.490 e. The van der Waals surface area contributed by atoms with Crippen molar-refractivity contribution in [3.05, 3.63) is 60.2 Å². The largest absolute Gasteiger partial charge is 0.490 e. The van der Waals surface area contributed by atoms with Crippen LogP contribution >= 0.6 is 0 Å². The van der Waals surface area contributed by atoms with Crippen molar-refractivity contribution < 1.29 is 27.2 Å². The van der Waals surface area contributed by atoms with Crippen molar-refractivity contribution in [2.75, 3.05) is 32.6 Å². The van der Waals surface area contributed by atoms with Crippen molar-refractivity contribution in [2.24, 2.45) is 0 Å².